The minimum Gasteiger partial charge on any atom is -0.480 e. The van der Waals surface area contributed by atoms with Crippen molar-refractivity contribution in [2.75, 3.05) is 31.1 Å². The number of nitrogens with zero attached hydrogens (tertiary/aromatic N) is 7. The Balaban J connectivity index is 1.75. The number of rotatable bonds is 4. The van der Waals surface area contributed by atoms with Gasteiger partial charge in [0, 0.05) is 26.2 Å². The highest BCUT2D eigenvalue weighted by Crippen LogP contribution is 2.26. The average molecular weight is 296 g/mol. The van der Waals surface area contributed by atoms with Gasteiger partial charge in [0.15, 0.2) is 11.6 Å². The predicted octanol–water partition coefficient (Wildman–Crippen LogP) is -1.31. The zero-order chi connectivity index (χ0) is 13.9. The maximum Gasteiger partial charge on any atom is 0.327 e. The van der Waals surface area contributed by atoms with Crippen LogP contribution in [0.5, 0.6) is 0 Å². The molecule has 2 aromatic rings. The SMILES string of the molecule is O=C(O)Cn1nnc(-c2nnc(N3CCNCC3)s2)n1. The molecular weight excluding hydrogens is 284 g/mol. The summed E-state index contributed by atoms with van der Waals surface area (Å²) >= 11 is 1.37. The quantitative estimate of drug-likeness (QED) is 0.707. The number of hydrogen-bond donors (Lipinski definition) is 2. The van der Waals surface area contributed by atoms with Gasteiger partial charge in [0.2, 0.25) is 11.0 Å². The van der Waals surface area contributed by atoms with Gasteiger partial charge in [0.05, 0.1) is 0 Å². The van der Waals surface area contributed by atoms with Crippen molar-refractivity contribution in [2.45, 2.75) is 6.54 Å². The Morgan fingerprint density at radius 1 is 1.30 bits per heavy atom. The Labute approximate surface area is 117 Å². The van der Waals surface area contributed by atoms with Crippen molar-refractivity contribution in [2.24, 2.45) is 0 Å². The van der Waals surface area contributed by atoms with Crippen LogP contribution in [0.3, 0.4) is 0 Å². The van der Waals surface area contributed by atoms with Crippen LogP contribution in [0.1, 0.15) is 0 Å². The number of tetrazole rings is 1. The Kier molecular flexibility index (Phi) is 3.52. The first-order chi connectivity index (χ1) is 9.72. The molecule has 0 unspecified atom stereocenters. The molecule has 1 saturated heterocycles. The fourth-order valence-electron chi connectivity index (χ4n) is 1.81. The molecule has 11 heteroatoms. The molecule has 2 aromatic heterocycles. The molecule has 106 valence electrons. The highest BCUT2D eigenvalue weighted by Gasteiger charge is 2.18. The van der Waals surface area contributed by atoms with E-state index in [2.05, 4.69) is 35.8 Å². The molecule has 2 N–H and O–H groups in total. The van der Waals surface area contributed by atoms with Gasteiger partial charge in [-0.2, -0.15) is 4.80 Å². The molecule has 0 aromatic carbocycles. The Morgan fingerprint density at radius 3 is 2.85 bits per heavy atom. The summed E-state index contributed by atoms with van der Waals surface area (Å²) < 4.78 is 0. The fourth-order valence-corrected chi connectivity index (χ4v) is 2.63. The molecule has 3 rings (SSSR count). The van der Waals surface area contributed by atoms with Gasteiger partial charge in [-0.25, -0.2) is 0 Å². The molecule has 1 fully saturated rings. The largest absolute Gasteiger partial charge is 0.480 e. The van der Waals surface area contributed by atoms with Crippen LogP contribution in [0.25, 0.3) is 10.8 Å². The van der Waals surface area contributed by atoms with Crippen LogP contribution < -0.4 is 10.2 Å². The first-order valence-electron chi connectivity index (χ1n) is 6.01. The fraction of sp³-hybridized carbons (Fsp3) is 0.556. The molecule has 0 atom stereocenters. The van der Waals surface area contributed by atoms with E-state index in [1.807, 2.05) is 0 Å². The van der Waals surface area contributed by atoms with Crippen molar-refractivity contribution in [3.8, 4) is 10.8 Å². The maximum atomic E-state index is 10.6. The second kappa shape index (κ2) is 5.46. The summed E-state index contributed by atoms with van der Waals surface area (Å²) in [6.45, 7) is 3.28. The van der Waals surface area contributed by atoms with Crippen molar-refractivity contribution < 1.29 is 9.90 Å². The monoisotopic (exact) mass is 296 g/mol. The van der Waals surface area contributed by atoms with Gasteiger partial charge in [-0.15, -0.1) is 20.4 Å². The van der Waals surface area contributed by atoms with Crippen molar-refractivity contribution in [1.29, 1.82) is 0 Å². The van der Waals surface area contributed by atoms with E-state index in [-0.39, 0.29) is 6.54 Å². The minimum atomic E-state index is -1.02. The smallest absolute Gasteiger partial charge is 0.327 e. The Bertz CT molecular complexity index is 605. The summed E-state index contributed by atoms with van der Waals surface area (Å²) in [6.07, 6.45) is 0. The van der Waals surface area contributed by atoms with Gasteiger partial charge in [-0.1, -0.05) is 11.3 Å². The van der Waals surface area contributed by atoms with Crippen LogP contribution in [0.4, 0.5) is 5.13 Å². The topological polar surface area (TPSA) is 122 Å². The van der Waals surface area contributed by atoms with Crippen LogP contribution >= 0.6 is 11.3 Å². The van der Waals surface area contributed by atoms with Crippen LogP contribution in [-0.4, -0.2) is 67.7 Å². The van der Waals surface area contributed by atoms with Crippen molar-refractivity contribution in [3.05, 3.63) is 0 Å². The molecular formula is C9H12N8O2S. The van der Waals surface area contributed by atoms with Crippen molar-refractivity contribution in [3.63, 3.8) is 0 Å². The maximum absolute atomic E-state index is 10.6. The molecule has 0 bridgehead atoms. The second-order valence-electron chi connectivity index (χ2n) is 4.16. The van der Waals surface area contributed by atoms with Crippen molar-refractivity contribution in [1.82, 2.24) is 35.7 Å². The number of anilines is 1. The number of aromatic nitrogens is 6. The van der Waals surface area contributed by atoms with Gasteiger partial charge in [-0.3, -0.25) is 4.79 Å². The highest BCUT2D eigenvalue weighted by molar-refractivity contribution is 7.18. The van der Waals surface area contributed by atoms with E-state index >= 15 is 0 Å². The lowest BCUT2D eigenvalue weighted by Gasteiger charge is -2.26. The lowest BCUT2D eigenvalue weighted by atomic mass is 10.4. The molecule has 20 heavy (non-hydrogen) atoms. The number of nitrogens with one attached hydrogen (secondary N) is 1. The van der Waals surface area contributed by atoms with Gasteiger partial charge in [0.1, 0.15) is 0 Å². The summed E-state index contributed by atoms with van der Waals surface area (Å²) in [5.74, 6) is -0.724. The molecule has 1 aliphatic rings. The van der Waals surface area contributed by atoms with E-state index in [9.17, 15) is 4.79 Å². The number of carboxylic acids is 1. The third kappa shape index (κ3) is 2.72. The lowest BCUT2D eigenvalue weighted by Crippen LogP contribution is -2.43. The molecule has 1 aliphatic heterocycles. The van der Waals surface area contributed by atoms with Gasteiger partial charge >= 0.3 is 5.97 Å². The number of carbonyl (C=O) groups is 1. The lowest BCUT2D eigenvalue weighted by molar-refractivity contribution is -0.138. The second-order valence-corrected chi connectivity index (χ2v) is 5.12. The summed E-state index contributed by atoms with van der Waals surface area (Å²) in [6, 6.07) is 0. The number of piperazine rings is 1. The molecule has 0 spiro atoms. The van der Waals surface area contributed by atoms with E-state index in [1.54, 1.807) is 0 Å². The first-order valence-corrected chi connectivity index (χ1v) is 6.83. The predicted molar refractivity (Wildman–Crippen MR) is 69.4 cm³/mol. The molecule has 0 amide bonds. The summed E-state index contributed by atoms with van der Waals surface area (Å²) in [4.78, 5) is 13.7. The zero-order valence-electron chi connectivity index (χ0n) is 10.4. The van der Waals surface area contributed by atoms with E-state index in [0.717, 1.165) is 36.1 Å². The molecule has 0 aliphatic carbocycles. The standard InChI is InChI=1S/C9H12N8O2S/c18-6(19)5-17-14-7(11-15-17)8-12-13-9(20-8)16-3-1-10-2-4-16/h10H,1-5H2,(H,18,19). The van der Waals surface area contributed by atoms with E-state index in [1.165, 1.54) is 11.3 Å². The molecule has 0 radical (unpaired) electrons. The van der Waals surface area contributed by atoms with E-state index in [0.29, 0.717) is 10.8 Å². The number of aliphatic carboxylic acids is 1. The third-order valence-corrected chi connectivity index (χ3v) is 3.70. The molecule has 0 saturated carbocycles. The normalized spacial score (nSPS) is 15.5. The first kappa shape index (κ1) is 12.9. The highest BCUT2D eigenvalue weighted by atomic mass is 32.1. The average Bonchev–Trinajstić information content (AvgIpc) is 3.07. The number of hydrogen-bond acceptors (Lipinski definition) is 9. The van der Waals surface area contributed by atoms with Gasteiger partial charge in [0.25, 0.3) is 0 Å². The molecule has 10 nitrogen and oxygen atoms in total. The summed E-state index contributed by atoms with van der Waals surface area (Å²) in [5, 5.41) is 32.9. The van der Waals surface area contributed by atoms with Crippen LogP contribution in [0.2, 0.25) is 0 Å². The van der Waals surface area contributed by atoms with Gasteiger partial charge < -0.3 is 15.3 Å². The number of carboxylic acid groups (broad SMARTS) is 1. The van der Waals surface area contributed by atoms with Gasteiger partial charge in [-0.05, 0) is 5.21 Å². The summed E-state index contributed by atoms with van der Waals surface area (Å²) in [5.41, 5.74) is 0. The summed E-state index contributed by atoms with van der Waals surface area (Å²) in [7, 11) is 0. The third-order valence-electron chi connectivity index (χ3n) is 2.72. The van der Waals surface area contributed by atoms with Crippen LogP contribution in [0.15, 0.2) is 0 Å². The Morgan fingerprint density at radius 2 is 2.10 bits per heavy atom. The zero-order valence-corrected chi connectivity index (χ0v) is 11.2. The van der Waals surface area contributed by atoms with E-state index < -0.39 is 5.97 Å². The van der Waals surface area contributed by atoms with E-state index in [4.69, 9.17) is 5.11 Å². The molecule has 3 heterocycles. The van der Waals surface area contributed by atoms with Crippen molar-refractivity contribution >= 4 is 22.4 Å². The Hall–Kier alpha value is -2.14. The van der Waals surface area contributed by atoms with Crippen LogP contribution in [0, 0.1) is 0 Å². The van der Waals surface area contributed by atoms with Crippen LogP contribution in [-0.2, 0) is 11.3 Å². The minimum absolute atomic E-state index is 0.296.